The minimum atomic E-state index is -0.942. The standard InChI is InChI=1S/C9H7BrN2O2/c1-12-4-6-7(11-12)3-2-5(8(6)10)9(13)14/h2-4H,1H3,(H,13,14). The van der Waals surface area contributed by atoms with Crippen molar-refractivity contribution in [1.82, 2.24) is 9.78 Å². The van der Waals surface area contributed by atoms with E-state index in [1.54, 1.807) is 30.1 Å². The summed E-state index contributed by atoms with van der Waals surface area (Å²) < 4.78 is 2.23. The van der Waals surface area contributed by atoms with Crippen LogP contribution in [0.15, 0.2) is 22.8 Å². The monoisotopic (exact) mass is 254 g/mol. The van der Waals surface area contributed by atoms with Crippen molar-refractivity contribution in [3.63, 3.8) is 0 Å². The largest absolute Gasteiger partial charge is 0.478 e. The summed E-state index contributed by atoms with van der Waals surface area (Å²) in [6.45, 7) is 0. The van der Waals surface area contributed by atoms with Crippen LogP contribution < -0.4 is 0 Å². The van der Waals surface area contributed by atoms with E-state index in [1.807, 2.05) is 0 Å². The Labute approximate surface area is 88.3 Å². The zero-order valence-corrected chi connectivity index (χ0v) is 8.95. The van der Waals surface area contributed by atoms with Crippen LogP contribution in [-0.4, -0.2) is 20.9 Å². The van der Waals surface area contributed by atoms with Crippen LogP contribution in [0.2, 0.25) is 0 Å². The summed E-state index contributed by atoms with van der Waals surface area (Å²) in [5.74, 6) is -0.942. The molecule has 5 heteroatoms. The smallest absolute Gasteiger partial charge is 0.336 e. The van der Waals surface area contributed by atoms with Crippen LogP contribution >= 0.6 is 15.9 Å². The van der Waals surface area contributed by atoms with Crippen molar-refractivity contribution in [3.05, 3.63) is 28.4 Å². The first-order valence-corrected chi connectivity index (χ1v) is 4.74. The molecule has 1 heterocycles. The Morgan fingerprint density at radius 1 is 1.57 bits per heavy atom. The van der Waals surface area contributed by atoms with Crippen LogP contribution in [-0.2, 0) is 7.05 Å². The summed E-state index contributed by atoms with van der Waals surface area (Å²) in [6, 6.07) is 3.24. The Bertz CT molecular complexity index is 519. The number of hydrogen-bond donors (Lipinski definition) is 1. The van der Waals surface area contributed by atoms with Crippen molar-refractivity contribution in [3.8, 4) is 0 Å². The molecule has 0 bridgehead atoms. The zero-order chi connectivity index (χ0) is 10.3. The average Bonchev–Trinajstić information content (AvgIpc) is 2.46. The fourth-order valence-electron chi connectivity index (χ4n) is 1.34. The van der Waals surface area contributed by atoms with E-state index >= 15 is 0 Å². The van der Waals surface area contributed by atoms with Crippen molar-refractivity contribution in [2.45, 2.75) is 0 Å². The molecule has 0 aliphatic carbocycles. The molecule has 0 fully saturated rings. The molecule has 0 saturated heterocycles. The summed E-state index contributed by atoms with van der Waals surface area (Å²) in [5, 5.41) is 13.9. The van der Waals surface area contributed by atoms with Gasteiger partial charge in [0.15, 0.2) is 0 Å². The summed E-state index contributed by atoms with van der Waals surface area (Å²) in [4.78, 5) is 10.8. The molecule has 14 heavy (non-hydrogen) atoms. The molecule has 1 N–H and O–H groups in total. The van der Waals surface area contributed by atoms with Gasteiger partial charge in [-0.05, 0) is 28.1 Å². The number of aromatic carboxylic acids is 1. The molecule has 1 aromatic carbocycles. The quantitative estimate of drug-likeness (QED) is 0.848. The summed E-state index contributed by atoms with van der Waals surface area (Å²) in [6.07, 6.45) is 1.78. The lowest BCUT2D eigenvalue weighted by Gasteiger charge is -1.98. The Morgan fingerprint density at radius 2 is 2.29 bits per heavy atom. The summed E-state index contributed by atoms with van der Waals surface area (Å²) in [5.41, 5.74) is 1.04. The van der Waals surface area contributed by atoms with Crippen LogP contribution in [0.1, 0.15) is 10.4 Å². The third kappa shape index (κ3) is 1.29. The summed E-state index contributed by atoms with van der Waals surface area (Å²) in [7, 11) is 1.80. The Balaban J connectivity index is 2.80. The number of carboxylic acid groups (broad SMARTS) is 1. The lowest BCUT2D eigenvalue weighted by Crippen LogP contribution is -1.96. The van der Waals surface area contributed by atoms with Crippen LogP contribution in [0.4, 0.5) is 0 Å². The van der Waals surface area contributed by atoms with E-state index < -0.39 is 5.97 Å². The van der Waals surface area contributed by atoms with Crippen LogP contribution in [0.3, 0.4) is 0 Å². The highest BCUT2D eigenvalue weighted by Crippen LogP contribution is 2.26. The van der Waals surface area contributed by atoms with Gasteiger partial charge in [0.2, 0.25) is 0 Å². The van der Waals surface area contributed by atoms with E-state index in [4.69, 9.17) is 5.11 Å². The first-order valence-electron chi connectivity index (χ1n) is 3.95. The normalized spacial score (nSPS) is 10.7. The minimum absolute atomic E-state index is 0.255. The Morgan fingerprint density at radius 3 is 2.93 bits per heavy atom. The molecular weight excluding hydrogens is 248 g/mol. The third-order valence-corrected chi connectivity index (χ3v) is 2.82. The SMILES string of the molecule is Cn1cc2c(Br)c(C(=O)O)ccc2n1. The average molecular weight is 255 g/mol. The molecule has 0 aliphatic heterocycles. The van der Waals surface area contributed by atoms with Crippen molar-refractivity contribution >= 4 is 32.8 Å². The van der Waals surface area contributed by atoms with E-state index in [-0.39, 0.29) is 5.56 Å². The second-order valence-corrected chi connectivity index (χ2v) is 3.76. The van der Waals surface area contributed by atoms with E-state index in [9.17, 15) is 4.79 Å². The molecule has 0 aliphatic rings. The van der Waals surface area contributed by atoms with Gasteiger partial charge in [0, 0.05) is 23.1 Å². The fraction of sp³-hybridized carbons (Fsp3) is 0.111. The molecule has 0 radical (unpaired) electrons. The molecule has 4 nitrogen and oxygen atoms in total. The molecule has 0 unspecified atom stereocenters. The van der Waals surface area contributed by atoms with Gasteiger partial charge >= 0.3 is 5.97 Å². The zero-order valence-electron chi connectivity index (χ0n) is 7.36. The lowest BCUT2D eigenvalue weighted by molar-refractivity contribution is 0.0696. The number of nitrogens with zero attached hydrogens (tertiary/aromatic N) is 2. The van der Waals surface area contributed by atoms with Gasteiger partial charge in [0.1, 0.15) is 0 Å². The predicted molar refractivity (Wildman–Crippen MR) is 55.4 cm³/mol. The Kier molecular flexibility index (Phi) is 2.03. The van der Waals surface area contributed by atoms with Gasteiger partial charge in [-0.3, -0.25) is 4.68 Å². The molecule has 2 rings (SSSR count). The highest BCUT2D eigenvalue weighted by Gasteiger charge is 2.12. The number of aryl methyl sites for hydroxylation is 1. The van der Waals surface area contributed by atoms with Gasteiger partial charge < -0.3 is 5.11 Å². The van der Waals surface area contributed by atoms with Gasteiger partial charge in [-0.1, -0.05) is 0 Å². The van der Waals surface area contributed by atoms with Gasteiger partial charge in [-0.2, -0.15) is 5.10 Å². The second kappa shape index (κ2) is 3.09. The van der Waals surface area contributed by atoms with Crippen molar-refractivity contribution in [1.29, 1.82) is 0 Å². The topological polar surface area (TPSA) is 55.1 Å². The maximum atomic E-state index is 10.8. The molecular formula is C9H7BrN2O2. The van der Waals surface area contributed by atoms with E-state index in [2.05, 4.69) is 21.0 Å². The first-order chi connectivity index (χ1) is 6.59. The van der Waals surface area contributed by atoms with E-state index in [1.165, 1.54) is 0 Å². The first kappa shape index (κ1) is 9.21. The number of halogens is 1. The number of fused-ring (bicyclic) bond motifs is 1. The highest BCUT2D eigenvalue weighted by atomic mass is 79.9. The van der Waals surface area contributed by atoms with Gasteiger partial charge in [0.25, 0.3) is 0 Å². The van der Waals surface area contributed by atoms with Gasteiger partial charge in [-0.15, -0.1) is 0 Å². The number of hydrogen-bond acceptors (Lipinski definition) is 2. The minimum Gasteiger partial charge on any atom is -0.478 e. The number of carboxylic acids is 1. The van der Waals surface area contributed by atoms with E-state index in [0.717, 1.165) is 10.9 Å². The molecule has 2 aromatic rings. The van der Waals surface area contributed by atoms with Gasteiger partial charge in [0.05, 0.1) is 11.1 Å². The fourth-order valence-corrected chi connectivity index (χ4v) is 1.95. The maximum absolute atomic E-state index is 10.8. The van der Waals surface area contributed by atoms with Crippen molar-refractivity contribution in [2.24, 2.45) is 7.05 Å². The van der Waals surface area contributed by atoms with Crippen LogP contribution in [0.25, 0.3) is 10.9 Å². The van der Waals surface area contributed by atoms with Crippen LogP contribution in [0, 0.1) is 0 Å². The Hall–Kier alpha value is -1.36. The molecule has 72 valence electrons. The molecule has 0 saturated carbocycles. The van der Waals surface area contributed by atoms with Gasteiger partial charge in [-0.25, -0.2) is 4.79 Å². The second-order valence-electron chi connectivity index (χ2n) is 2.97. The van der Waals surface area contributed by atoms with E-state index in [0.29, 0.717) is 4.47 Å². The number of rotatable bonds is 1. The maximum Gasteiger partial charge on any atom is 0.336 e. The molecule has 0 amide bonds. The number of carbonyl (C=O) groups is 1. The number of benzene rings is 1. The highest BCUT2D eigenvalue weighted by molar-refractivity contribution is 9.10. The van der Waals surface area contributed by atoms with Crippen molar-refractivity contribution < 1.29 is 9.90 Å². The summed E-state index contributed by atoms with van der Waals surface area (Å²) >= 11 is 3.26. The molecule has 0 spiro atoms. The third-order valence-electron chi connectivity index (χ3n) is 1.97. The predicted octanol–water partition coefficient (Wildman–Crippen LogP) is 2.03. The molecule has 1 aromatic heterocycles. The lowest BCUT2D eigenvalue weighted by atomic mass is 10.2. The number of aromatic nitrogens is 2. The molecule has 0 atom stereocenters. The van der Waals surface area contributed by atoms with Crippen molar-refractivity contribution in [2.75, 3.05) is 0 Å². The van der Waals surface area contributed by atoms with Crippen LogP contribution in [0.5, 0.6) is 0 Å².